The number of anilines is 1. The molecule has 5 nitrogen and oxygen atoms in total. The molecule has 2 N–H and O–H groups in total. The molecule has 162 valence electrons. The van der Waals surface area contributed by atoms with Gasteiger partial charge in [0.25, 0.3) is 0 Å². The number of azo groups is 1. The molecule has 0 bridgehead atoms. The molecule has 5 heteroatoms. The Hall–Kier alpha value is -4.25. The minimum atomic E-state index is 0.705. The normalized spacial score (nSPS) is 12.1. The number of aromatic amines is 1. The molecule has 5 aromatic rings. The van der Waals surface area contributed by atoms with E-state index in [-0.39, 0.29) is 0 Å². The molecule has 1 heterocycles. The molecular formula is C28H25N5. The van der Waals surface area contributed by atoms with Crippen molar-refractivity contribution in [1.82, 2.24) is 4.98 Å². The van der Waals surface area contributed by atoms with E-state index in [1.807, 2.05) is 61.7 Å². The summed E-state index contributed by atoms with van der Waals surface area (Å²) in [5, 5.41) is 15.8. The zero-order valence-corrected chi connectivity index (χ0v) is 18.5. The maximum atomic E-state index is 4.74. The molecule has 4 aromatic carbocycles. The highest BCUT2D eigenvalue weighted by Crippen LogP contribution is 2.27. The Labute approximate surface area is 192 Å². The third-order valence-corrected chi connectivity index (χ3v) is 5.69. The average Bonchev–Trinajstić information content (AvgIpc) is 3.29. The van der Waals surface area contributed by atoms with Crippen LogP contribution in [0.3, 0.4) is 0 Å². The first-order chi connectivity index (χ1) is 16.3. The first kappa shape index (κ1) is 20.6. The average molecular weight is 432 g/mol. The van der Waals surface area contributed by atoms with Crippen molar-refractivity contribution < 1.29 is 0 Å². The maximum Gasteiger partial charge on any atom is 0.111 e. The van der Waals surface area contributed by atoms with Crippen LogP contribution in [-0.2, 0) is 0 Å². The van der Waals surface area contributed by atoms with Crippen LogP contribution in [-0.4, -0.2) is 23.8 Å². The standard InChI is InChI=1S/C28H25N5/c1-20(29-17-18-30-26-12-6-8-22-7-2-3-9-24(22)26)21-13-15-23(16-14-21)32-33-28-19-31-27-11-5-4-10-25(27)28/h2-16,19,30-31H,17-18H2,1H3. The van der Waals surface area contributed by atoms with Gasteiger partial charge in [0.2, 0.25) is 0 Å². The Morgan fingerprint density at radius 3 is 2.42 bits per heavy atom. The van der Waals surface area contributed by atoms with Gasteiger partial charge in [0.05, 0.1) is 12.2 Å². The van der Waals surface area contributed by atoms with Gasteiger partial charge in [0, 0.05) is 40.4 Å². The van der Waals surface area contributed by atoms with Gasteiger partial charge in [-0.25, -0.2) is 0 Å². The predicted molar refractivity (Wildman–Crippen MR) is 138 cm³/mol. The summed E-state index contributed by atoms with van der Waals surface area (Å²) < 4.78 is 0. The first-order valence-electron chi connectivity index (χ1n) is 11.1. The van der Waals surface area contributed by atoms with Crippen LogP contribution < -0.4 is 5.32 Å². The summed E-state index contributed by atoms with van der Waals surface area (Å²) in [4.78, 5) is 7.95. The maximum absolute atomic E-state index is 4.74. The second-order valence-electron chi connectivity index (χ2n) is 7.89. The van der Waals surface area contributed by atoms with E-state index in [0.29, 0.717) is 6.54 Å². The lowest BCUT2D eigenvalue weighted by Gasteiger charge is -2.09. The van der Waals surface area contributed by atoms with Gasteiger partial charge in [-0.3, -0.25) is 4.99 Å². The fourth-order valence-electron chi connectivity index (χ4n) is 3.90. The van der Waals surface area contributed by atoms with E-state index >= 15 is 0 Å². The SMILES string of the molecule is CC(=NCCNc1cccc2ccccc12)c1ccc(N=Nc2c[nH]c3ccccc23)cc1. The molecule has 33 heavy (non-hydrogen) atoms. The number of benzene rings is 4. The third-order valence-electron chi connectivity index (χ3n) is 5.69. The van der Waals surface area contributed by atoms with Crippen LogP contribution in [0.5, 0.6) is 0 Å². The predicted octanol–water partition coefficient (Wildman–Crippen LogP) is 7.66. The summed E-state index contributed by atoms with van der Waals surface area (Å²) >= 11 is 0. The monoisotopic (exact) mass is 431 g/mol. The fourth-order valence-corrected chi connectivity index (χ4v) is 3.90. The molecule has 0 spiro atoms. The minimum Gasteiger partial charge on any atom is -0.383 e. The second-order valence-corrected chi connectivity index (χ2v) is 7.89. The van der Waals surface area contributed by atoms with Gasteiger partial charge in [-0.15, -0.1) is 5.11 Å². The molecule has 0 fully saturated rings. The number of hydrogen-bond acceptors (Lipinski definition) is 4. The number of nitrogens with zero attached hydrogens (tertiary/aromatic N) is 3. The summed E-state index contributed by atoms with van der Waals surface area (Å²) in [6.07, 6.45) is 1.88. The zero-order valence-electron chi connectivity index (χ0n) is 18.5. The first-order valence-corrected chi connectivity index (χ1v) is 11.1. The molecule has 0 radical (unpaired) electrons. The van der Waals surface area contributed by atoms with Crippen molar-refractivity contribution in [3.8, 4) is 0 Å². The van der Waals surface area contributed by atoms with Gasteiger partial charge in [-0.2, -0.15) is 5.11 Å². The minimum absolute atomic E-state index is 0.705. The molecule has 0 saturated heterocycles. The van der Waals surface area contributed by atoms with E-state index in [4.69, 9.17) is 4.99 Å². The van der Waals surface area contributed by atoms with E-state index in [2.05, 4.69) is 63.0 Å². The van der Waals surface area contributed by atoms with Crippen LogP contribution in [0.2, 0.25) is 0 Å². The van der Waals surface area contributed by atoms with Crippen LogP contribution in [0.15, 0.2) is 112 Å². The Morgan fingerprint density at radius 2 is 1.55 bits per heavy atom. The number of nitrogens with one attached hydrogen (secondary N) is 2. The largest absolute Gasteiger partial charge is 0.383 e. The quantitative estimate of drug-likeness (QED) is 0.155. The number of aliphatic imine (C=N–C) groups is 1. The molecule has 0 saturated carbocycles. The molecule has 0 aliphatic carbocycles. The Morgan fingerprint density at radius 1 is 0.788 bits per heavy atom. The summed E-state index contributed by atoms with van der Waals surface area (Å²) in [6, 6.07) is 30.8. The fraction of sp³-hybridized carbons (Fsp3) is 0.107. The molecule has 0 amide bonds. The second kappa shape index (κ2) is 9.49. The summed E-state index contributed by atoms with van der Waals surface area (Å²) in [6.45, 7) is 3.53. The lowest BCUT2D eigenvalue weighted by Crippen LogP contribution is -2.07. The van der Waals surface area contributed by atoms with Gasteiger partial charge < -0.3 is 10.3 Å². The number of para-hydroxylation sites is 1. The third kappa shape index (κ3) is 4.67. The lowest BCUT2D eigenvalue weighted by molar-refractivity contribution is 1.02. The van der Waals surface area contributed by atoms with Crippen molar-refractivity contribution in [3.63, 3.8) is 0 Å². The molecule has 0 aliphatic rings. The van der Waals surface area contributed by atoms with E-state index in [0.717, 1.165) is 45.8 Å². The van der Waals surface area contributed by atoms with Crippen molar-refractivity contribution in [2.75, 3.05) is 18.4 Å². The van der Waals surface area contributed by atoms with Crippen molar-refractivity contribution in [2.24, 2.45) is 15.2 Å². The van der Waals surface area contributed by atoms with E-state index in [1.165, 1.54) is 10.8 Å². The van der Waals surface area contributed by atoms with E-state index in [1.54, 1.807) is 0 Å². The van der Waals surface area contributed by atoms with Crippen LogP contribution in [0.1, 0.15) is 12.5 Å². The highest BCUT2D eigenvalue weighted by atomic mass is 15.1. The van der Waals surface area contributed by atoms with Gasteiger partial charge in [0.15, 0.2) is 0 Å². The van der Waals surface area contributed by atoms with Crippen LogP contribution >= 0.6 is 0 Å². The molecular weight excluding hydrogens is 406 g/mol. The smallest absolute Gasteiger partial charge is 0.111 e. The summed E-state index contributed by atoms with van der Waals surface area (Å²) in [5.74, 6) is 0. The summed E-state index contributed by atoms with van der Waals surface area (Å²) in [7, 11) is 0. The number of rotatable bonds is 7. The van der Waals surface area contributed by atoms with Crippen LogP contribution in [0.4, 0.5) is 17.1 Å². The topological polar surface area (TPSA) is 64.9 Å². The number of hydrogen-bond donors (Lipinski definition) is 2. The van der Waals surface area contributed by atoms with Crippen molar-refractivity contribution >= 4 is 44.4 Å². The van der Waals surface area contributed by atoms with E-state index < -0.39 is 0 Å². The van der Waals surface area contributed by atoms with Gasteiger partial charge in [0.1, 0.15) is 5.69 Å². The van der Waals surface area contributed by atoms with Crippen LogP contribution in [0.25, 0.3) is 21.7 Å². The highest BCUT2D eigenvalue weighted by molar-refractivity contribution is 5.99. The molecule has 0 atom stereocenters. The molecule has 0 aliphatic heterocycles. The highest BCUT2D eigenvalue weighted by Gasteiger charge is 2.02. The Balaban J connectivity index is 1.20. The number of H-pyrrole nitrogens is 1. The van der Waals surface area contributed by atoms with Gasteiger partial charge in [-0.1, -0.05) is 66.7 Å². The van der Waals surface area contributed by atoms with Crippen molar-refractivity contribution in [1.29, 1.82) is 0 Å². The molecule has 1 aromatic heterocycles. The zero-order chi connectivity index (χ0) is 22.5. The van der Waals surface area contributed by atoms with Crippen molar-refractivity contribution in [3.05, 3.63) is 103 Å². The van der Waals surface area contributed by atoms with E-state index in [9.17, 15) is 0 Å². The Kier molecular flexibility index (Phi) is 5.93. The number of fused-ring (bicyclic) bond motifs is 2. The summed E-state index contributed by atoms with van der Waals surface area (Å²) in [5.41, 5.74) is 5.95. The van der Waals surface area contributed by atoms with Gasteiger partial charge >= 0.3 is 0 Å². The van der Waals surface area contributed by atoms with Crippen molar-refractivity contribution in [2.45, 2.75) is 6.92 Å². The Bertz CT molecular complexity index is 1440. The van der Waals surface area contributed by atoms with Gasteiger partial charge in [-0.05, 0) is 42.1 Å². The van der Waals surface area contributed by atoms with Crippen LogP contribution in [0, 0.1) is 0 Å². The molecule has 0 unspecified atom stereocenters. The number of aromatic nitrogens is 1. The molecule has 5 rings (SSSR count). The lowest BCUT2D eigenvalue weighted by atomic mass is 10.1.